The van der Waals surface area contributed by atoms with E-state index in [0.29, 0.717) is 27.3 Å². The molecule has 2 N–H and O–H groups in total. The average molecular weight is 458 g/mol. The third kappa shape index (κ3) is 5.86. The normalized spacial score (nSPS) is 11.8. The summed E-state index contributed by atoms with van der Waals surface area (Å²) in [5, 5.41) is 15.3. The second-order valence-corrected chi connectivity index (χ2v) is 8.61. The van der Waals surface area contributed by atoms with Crippen LogP contribution in [0, 0.1) is 13.8 Å². The van der Waals surface area contributed by atoms with Gasteiger partial charge in [-0.25, -0.2) is 0 Å². The number of aromatic nitrogens is 3. The van der Waals surface area contributed by atoms with Gasteiger partial charge < -0.3 is 15.2 Å². The number of nitrogens with one attached hydrogen (secondary N) is 2. The molecule has 0 radical (unpaired) electrons. The molecule has 0 unspecified atom stereocenters. The summed E-state index contributed by atoms with van der Waals surface area (Å²) >= 11 is 7.37. The SMILES string of the molecule is Cc1ccc(C(=O)N[C@@H](C)c2nnc(SCC(=O)Nc3ccc(C)c(Cl)c3)n2C)cc1. The summed E-state index contributed by atoms with van der Waals surface area (Å²) in [5.74, 6) is 0.423. The molecule has 0 fully saturated rings. The van der Waals surface area contributed by atoms with E-state index >= 15 is 0 Å². The third-order valence-electron chi connectivity index (χ3n) is 4.71. The van der Waals surface area contributed by atoms with Crippen molar-refractivity contribution in [3.8, 4) is 0 Å². The van der Waals surface area contributed by atoms with Crippen molar-refractivity contribution in [2.45, 2.75) is 32.0 Å². The van der Waals surface area contributed by atoms with E-state index in [9.17, 15) is 9.59 Å². The Labute approximate surface area is 190 Å². The van der Waals surface area contributed by atoms with E-state index in [0.717, 1.165) is 11.1 Å². The van der Waals surface area contributed by atoms with Crippen LogP contribution in [0.25, 0.3) is 0 Å². The van der Waals surface area contributed by atoms with Crippen LogP contribution in [0.15, 0.2) is 47.6 Å². The van der Waals surface area contributed by atoms with Crippen LogP contribution < -0.4 is 10.6 Å². The van der Waals surface area contributed by atoms with Crippen LogP contribution >= 0.6 is 23.4 Å². The van der Waals surface area contributed by atoms with E-state index in [1.165, 1.54) is 11.8 Å². The Morgan fingerprint density at radius 3 is 2.52 bits per heavy atom. The van der Waals surface area contributed by atoms with Gasteiger partial charge in [0.05, 0.1) is 11.8 Å². The van der Waals surface area contributed by atoms with Crippen molar-refractivity contribution in [1.29, 1.82) is 0 Å². The number of carbonyl (C=O) groups excluding carboxylic acids is 2. The second-order valence-electron chi connectivity index (χ2n) is 7.26. The molecule has 1 aromatic heterocycles. The number of carbonyl (C=O) groups is 2. The highest BCUT2D eigenvalue weighted by molar-refractivity contribution is 7.99. The Morgan fingerprint density at radius 1 is 1.13 bits per heavy atom. The van der Waals surface area contributed by atoms with Crippen LogP contribution in [0.3, 0.4) is 0 Å². The molecule has 1 heterocycles. The molecular weight excluding hydrogens is 434 g/mol. The maximum Gasteiger partial charge on any atom is 0.251 e. The highest BCUT2D eigenvalue weighted by atomic mass is 35.5. The van der Waals surface area contributed by atoms with Crippen LogP contribution in [0.1, 0.15) is 40.3 Å². The number of hydrogen-bond acceptors (Lipinski definition) is 5. The molecule has 2 aromatic carbocycles. The number of hydrogen-bond donors (Lipinski definition) is 2. The van der Waals surface area contributed by atoms with Crippen LogP contribution in [-0.4, -0.2) is 32.3 Å². The van der Waals surface area contributed by atoms with E-state index in [4.69, 9.17) is 11.6 Å². The fraction of sp³-hybridized carbons (Fsp3) is 0.273. The Hall–Kier alpha value is -2.84. The smallest absolute Gasteiger partial charge is 0.251 e. The van der Waals surface area contributed by atoms with Crippen molar-refractivity contribution in [3.63, 3.8) is 0 Å². The molecule has 0 aliphatic heterocycles. The van der Waals surface area contributed by atoms with Gasteiger partial charge >= 0.3 is 0 Å². The molecule has 162 valence electrons. The Kier molecular flexibility index (Phi) is 7.35. The molecular formula is C22H24ClN5O2S. The average Bonchev–Trinajstić information content (AvgIpc) is 3.10. The van der Waals surface area contributed by atoms with Gasteiger partial charge in [-0.3, -0.25) is 9.59 Å². The zero-order valence-electron chi connectivity index (χ0n) is 17.8. The molecule has 31 heavy (non-hydrogen) atoms. The maximum absolute atomic E-state index is 12.5. The molecule has 0 aliphatic rings. The summed E-state index contributed by atoms with van der Waals surface area (Å²) in [4.78, 5) is 24.7. The van der Waals surface area contributed by atoms with Gasteiger partial charge in [0.2, 0.25) is 5.91 Å². The van der Waals surface area contributed by atoms with Crippen molar-refractivity contribution in [2.24, 2.45) is 7.05 Å². The minimum absolute atomic E-state index is 0.168. The highest BCUT2D eigenvalue weighted by Crippen LogP contribution is 2.22. The largest absolute Gasteiger partial charge is 0.342 e. The summed E-state index contributed by atoms with van der Waals surface area (Å²) < 4.78 is 1.78. The van der Waals surface area contributed by atoms with Crippen molar-refractivity contribution >= 4 is 40.9 Å². The quantitative estimate of drug-likeness (QED) is 0.516. The fourth-order valence-electron chi connectivity index (χ4n) is 2.88. The molecule has 0 saturated heterocycles. The van der Waals surface area contributed by atoms with Gasteiger partial charge in [0.1, 0.15) is 0 Å². The predicted molar refractivity (Wildman–Crippen MR) is 124 cm³/mol. The minimum atomic E-state index is -0.343. The van der Waals surface area contributed by atoms with E-state index in [1.54, 1.807) is 22.8 Å². The van der Waals surface area contributed by atoms with E-state index in [-0.39, 0.29) is 23.6 Å². The Balaban J connectivity index is 1.57. The van der Waals surface area contributed by atoms with Crippen molar-refractivity contribution in [3.05, 3.63) is 70.0 Å². The monoisotopic (exact) mass is 457 g/mol. The molecule has 0 saturated carbocycles. The Bertz CT molecular complexity index is 1100. The van der Waals surface area contributed by atoms with Crippen molar-refractivity contribution in [2.75, 3.05) is 11.1 Å². The molecule has 1 atom stereocenters. The fourth-order valence-corrected chi connectivity index (χ4v) is 3.77. The van der Waals surface area contributed by atoms with Crippen LogP contribution in [0.4, 0.5) is 5.69 Å². The molecule has 0 aliphatic carbocycles. The first kappa shape index (κ1) is 22.8. The molecule has 3 rings (SSSR count). The lowest BCUT2D eigenvalue weighted by Crippen LogP contribution is -2.28. The first-order valence-electron chi connectivity index (χ1n) is 9.70. The number of halogens is 1. The second kappa shape index (κ2) is 9.98. The molecule has 2 amide bonds. The van der Waals surface area contributed by atoms with E-state index < -0.39 is 0 Å². The van der Waals surface area contributed by atoms with Gasteiger partial charge in [-0.05, 0) is 50.6 Å². The van der Waals surface area contributed by atoms with Crippen LogP contribution in [0.5, 0.6) is 0 Å². The van der Waals surface area contributed by atoms with Crippen LogP contribution in [-0.2, 0) is 11.8 Å². The molecule has 0 bridgehead atoms. The number of nitrogens with zero attached hydrogens (tertiary/aromatic N) is 3. The van der Waals surface area contributed by atoms with Crippen LogP contribution in [0.2, 0.25) is 5.02 Å². The molecule has 9 heteroatoms. The number of rotatable bonds is 7. The summed E-state index contributed by atoms with van der Waals surface area (Å²) in [6.07, 6.45) is 0. The molecule has 0 spiro atoms. The lowest BCUT2D eigenvalue weighted by molar-refractivity contribution is -0.113. The number of amides is 2. The van der Waals surface area contributed by atoms with Crippen molar-refractivity contribution in [1.82, 2.24) is 20.1 Å². The minimum Gasteiger partial charge on any atom is -0.342 e. The van der Waals surface area contributed by atoms with Gasteiger partial charge in [-0.15, -0.1) is 10.2 Å². The summed E-state index contributed by atoms with van der Waals surface area (Å²) in [5.41, 5.74) is 3.27. The van der Waals surface area contributed by atoms with Gasteiger partial charge in [0, 0.05) is 23.3 Å². The molecule has 7 nitrogen and oxygen atoms in total. The summed E-state index contributed by atoms with van der Waals surface area (Å²) in [6.45, 7) is 5.72. The zero-order chi connectivity index (χ0) is 22.5. The van der Waals surface area contributed by atoms with E-state index in [2.05, 4.69) is 20.8 Å². The number of thioether (sulfide) groups is 1. The third-order valence-corrected chi connectivity index (χ3v) is 6.13. The predicted octanol–water partition coefficient (Wildman–Crippen LogP) is 4.31. The zero-order valence-corrected chi connectivity index (χ0v) is 19.3. The van der Waals surface area contributed by atoms with Gasteiger partial charge in [-0.2, -0.15) is 0 Å². The van der Waals surface area contributed by atoms with Gasteiger partial charge in [0.15, 0.2) is 11.0 Å². The maximum atomic E-state index is 12.5. The number of anilines is 1. The number of benzene rings is 2. The standard InChI is InChI=1S/C22H24ClN5O2S/c1-13-5-8-16(9-6-13)21(30)24-15(3)20-26-27-22(28(20)4)31-12-19(29)25-17-10-7-14(2)18(23)11-17/h5-11,15H,12H2,1-4H3,(H,24,30)(H,25,29)/t15-/m0/s1. The van der Waals surface area contributed by atoms with E-state index in [1.807, 2.05) is 52.1 Å². The first-order valence-corrected chi connectivity index (χ1v) is 11.1. The Morgan fingerprint density at radius 2 is 1.84 bits per heavy atom. The lowest BCUT2D eigenvalue weighted by Gasteiger charge is -2.13. The number of aryl methyl sites for hydroxylation is 2. The summed E-state index contributed by atoms with van der Waals surface area (Å²) in [7, 11) is 1.81. The van der Waals surface area contributed by atoms with Gasteiger partial charge in [0.25, 0.3) is 5.91 Å². The topological polar surface area (TPSA) is 88.9 Å². The summed E-state index contributed by atoms with van der Waals surface area (Å²) in [6, 6.07) is 12.4. The van der Waals surface area contributed by atoms with Gasteiger partial charge in [-0.1, -0.05) is 47.1 Å². The highest BCUT2D eigenvalue weighted by Gasteiger charge is 2.19. The molecule has 3 aromatic rings. The van der Waals surface area contributed by atoms with Crippen molar-refractivity contribution < 1.29 is 9.59 Å². The first-order chi connectivity index (χ1) is 14.7. The lowest BCUT2D eigenvalue weighted by atomic mass is 10.1.